The average molecular weight is 414 g/mol. The van der Waals surface area contributed by atoms with E-state index < -0.39 is 0 Å². The van der Waals surface area contributed by atoms with E-state index in [-0.39, 0.29) is 23.6 Å². The van der Waals surface area contributed by atoms with E-state index in [1.807, 2.05) is 31.2 Å². The van der Waals surface area contributed by atoms with Crippen molar-refractivity contribution in [3.05, 3.63) is 64.3 Å². The van der Waals surface area contributed by atoms with Gasteiger partial charge in [0, 0.05) is 24.5 Å². The predicted molar refractivity (Wildman–Crippen MR) is 117 cm³/mol. The number of aryl methyl sites for hydroxylation is 1. The maximum atomic E-state index is 13.4. The summed E-state index contributed by atoms with van der Waals surface area (Å²) in [5.41, 5.74) is 3.37. The number of benzene rings is 2. The van der Waals surface area contributed by atoms with Crippen LogP contribution < -0.4 is 10.2 Å². The Morgan fingerprint density at radius 1 is 1.10 bits per heavy atom. The molecule has 152 valence electrons. The monoisotopic (exact) mass is 413 g/mol. The lowest BCUT2D eigenvalue weighted by molar-refractivity contribution is -0.122. The summed E-state index contributed by atoms with van der Waals surface area (Å²) in [6.45, 7) is 7.88. The third kappa shape index (κ3) is 4.79. The molecule has 1 heterocycles. The standard InChI is InChI=1S/C22H24FN3O2S/c1-4-25(5-2)18-10-7-16(8-11-18)12-20-21(27)26(22(28)29-20)14-24-19-13-17(23)9-6-15(19)3/h6-13,24H,4-5,14H2,1-3H3/b20-12+. The van der Waals surface area contributed by atoms with E-state index in [2.05, 4.69) is 24.1 Å². The molecule has 7 heteroatoms. The Morgan fingerprint density at radius 2 is 1.79 bits per heavy atom. The first kappa shape index (κ1) is 20.9. The van der Waals surface area contributed by atoms with Gasteiger partial charge in [0.2, 0.25) is 0 Å². The second kappa shape index (κ2) is 9.13. The average Bonchev–Trinajstić information content (AvgIpc) is 2.97. The van der Waals surface area contributed by atoms with Crippen molar-refractivity contribution in [1.82, 2.24) is 4.90 Å². The van der Waals surface area contributed by atoms with Gasteiger partial charge in [-0.2, -0.15) is 0 Å². The van der Waals surface area contributed by atoms with Crippen molar-refractivity contribution in [3.8, 4) is 0 Å². The number of rotatable bonds is 7. The van der Waals surface area contributed by atoms with Crippen LogP contribution in [0.15, 0.2) is 47.4 Å². The zero-order valence-corrected chi connectivity index (χ0v) is 17.6. The minimum absolute atomic E-state index is 0.00675. The largest absolute Gasteiger partial charge is 0.372 e. The van der Waals surface area contributed by atoms with Crippen LogP contribution in [-0.2, 0) is 4.79 Å². The number of nitrogens with one attached hydrogen (secondary N) is 1. The van der Waals surface area contributed by atoms with Crippen LogP contribution >= 0.6 is 11.8 Å². The molecule has 0 aromatic heterocycles. The summed E-state index contributed by atoms with van der Waals surface area (Å²) in [7, 11) is 0. The fraction of sp³-hybridized carbons (Fsp3) is 0.273. The Labute approximate surface area is 174 Å². The second-order valence-electron chi connectivity index (χ2n) is 6.67. The Kier molecular flexibility index (Phi) is 6.59. The highest BCUT2D eigenvalue weighted by atomic mass is 32.2. The van der Waals surface area contributed by atoms with Crippen LogP contribution in [0.2, 0.25) is 0 Å². The van der Waals surface area contributed by atoms with Gasteiger partial charge in [-0.25, -0.2) is 4.39 Å². The van der Waals surface area contributed by atoms with Gasteiger partial charge >= 0.3 is 0 Å². The maximum absolute atomic E-state index is 13.4. The number of hydrogen-bond donors (Lipinski definition) is 1. The van der Waals surface area contributed by atoms with Crippen molar-refractivity contribution in [3.63, 3.8) is 0 Å². The number of thioether (sulfide) groups is 1. The molecular formula is C22H24FN3O2S. The number of hydrogen-bond acceptors (Lipinski definition) is 5. The lowest BCUT2D eigenvalue weighted by atomic mass is 10.1. The van der Waals surface area contributed by atoms with Crippen molar-refractivity contribution in [1.29, 1.82) is 0 Å². The Bertz CT molecular complexity index is 940. The fourth-order valence-corrected chi connectivity index (χ4v) is 3.94. The third-order valence-corrected chi connectivity index (χ3v) is 5.73. The van der Waals surface area contributed by atoms with Gasteiger partial charge in [0.15, 0.2) is 0 Å². The van der Waals surface area contributed by atoms with Crippen molar-refractivity contribution in [2.24, 2.45) is 0 Å². The van der Waals surface area contributed by atoms with Crippen LogP contribution in [0.5, 0.6) is 0 Å². The van der Waals surface area contributed by atoms with Gasteiger partial charge in [-0.15, -0.1) is 0 Å². The van der Waals surface area contributed by atoms with Crippen LogP contribution in [0.3, 0.4) is 0 Å². The van der Waals surface area contributed by atoms with Crippen molar-refractivity contribution in [2.45, 2.75) is 20.8 Å². The summed E-state index contributed by atoms with van der Waals surface area (Å²) >= 11 is 0.913. The summed E-state index contributed by atoms with van der Waals surface area (Å²) in [4.78, 5) is 28.7. The zero-order chi connectivity index (χ0) is 21.0. The minimum atomic E-state index is -0.375. The molecule has 1 N–H and O–H groups in total. The topological polar surface area (TPSA) is 52.7 Å². The van der Waals surface area contributed by atoms with E-state index in [1.165, 1.54) is 12.1 Å². The summed E-state index contributed by atoms with van der Waals surface area (Å²) in [6.07, 6.45) is 1.73. The molecule has 1 fully saturated rings. The second-order valence-corrected chi connectivity index (χ2v) is 7.66. The fourth-order valence-electron chi connectivity index (χ4n) is 3.11. The normalized spacial score (nSPS) is 15.3. The Balaban J connectivity index is 1.70. The SMILES string of the molecule is CCN(CC)c1ccc(/C=C2/SC(=O)N(CNc3cc(F)ccc3C)C2=O)cc1. The van der Waals surface area contributed by atoms with Crippen molar-refractivity contribution >= 4 is 40.4 Å². The molecule has 1 aliphatic rings. The number of nitrogens with zero attached hydrogens (tertiary/aromatic N) is 2. The van der Waals surface area contributed by atoms with Crippen LogP contribution in [0.1, 0.15) is 25.0 Å². The van der Waals surface area contributed by atoms with Gasteiger partial charge < -0.3 is 10.2 Å². The molecule has 1 aliphatic heterocycles. The molecule has 2 aromatic carbocycles. The number of carbonyl (C=O) groups excluding carboxylic acids is 2. The van der Waals surface area contributed by atoms with Gasteiger partial charge in [0.1, 0.15) is 5.82 Å². The lowest BCUT2D eigenvalue weighted by Crippen LogP contribution is -2.33. The minimum Gasteiger partial charge on any atom is -0.372 e. The smallest absolute Gasteiger partial charge is 0.295 e. The quantitative estimate of drug-likeness (QED) is 0.641. The van der Waals surface area contributed by atoms with Crippen LogP contribution in [-0.4, -0.2) is 35.8 Å². The molecule has 0 radical (unpaired) electrons. The summed E-state index contributed by atoms with van der Waals surface area (Å²) in [5.74, 6) is -0.727. The van der Waals surface area contributed by atoms with Gasteiger partial charge in [-0.1, -0.05) is 18.2 Å². The molecule has 2 amide bonds. The van der Waals surface area contributed by atoms with Gasteiger partial charge in [0.05, 0.1) is 11.6 Å². The number of carbonyl (C=O) groups is 2. The van der Waals surface area contributed by atoms with E-state index >= 15 is 0 Å². The van der Waals surface area contributed by atoms with Crippen LogP contribution in [0.4, 0.5) is 20.6 Å². The first-order valence-corrected chi connectivity index (χ1v) is 10.3. The molecule has 3 rings (SSSR count). The van der Waals surface area contributed by atoms with Gasteiger partial charge in [0.25, 0.3) is 11.1 Å². The van der Waals surface area contributed by atoms with Crippen LogP contribution in [0, 0.1) is 12.7 Å². The predicted octanol–water partition coefficient (Wildman–Crippen LogP) is 5.09. The van der Waals surface area contributed by atoms with Crippen LogP contribution in [0.25, 0.3) is 6.08 Å². The van der Waals surface area contributed by atoms with E-state index in [4.69, 9.17) is 0 Å². The summed E-state index contributed by atoms with van der Waals surface area (Å²) < 4.78 is 13.4. The first-order valence-electron chi connectivity index (χ1n) is 9.53. The van der Waals surface area contributed by atoms with E-state index in [9.17, 15) is 14.0 Å². The van der Waals surface area contributed by atoms with Crippen molar-refractivity contribution in [2.75, 3.05) is 30.0 Å². The third-order valence-electron chi connectivity index (χ3n) is 4.82. The molecule has 2 aromatic rings. The summed E-state index contributed by atoms with van der Waals surface area (Å²) in [6, 6.07) is 12.3. The molecule has 0 unspecified atom stereocenters. The molecular weight excluding hydrogens is 389 g/mol. The molecule has 5 nitrogen and oxygen atoms in total. The molecule has 0 saturated carbocycles. The van der Waals surface area contributed by atoms with Gasteiger partial charge in [-0.3, -0.25) is 14.5 Å². The molecule has 0 spiro atoms. The number of amides is 2. The Morgan fingerprint density at radius 3 is 2.45 bits per heavy atom. The number of anilines is 2. The molecule has 0 aliphatic carbocycles. The maximum Gasteiger partial charge on any atom is 0.295 e. The van der Waals surface area contributed by atoms with Crippen molar-refractivity contribution < 1.29 is 14.0 Å². The molecule has 1 saturated heterocycles. The highest BCUT2D eigenvalue weighted by Gasteiger charge is 2.34. The highest BCUT2D eigenvalue weighted by molar-refractivity contribution is 8.18. The van der Waals surface area contributed by atoms with Gasteiger partial charge in [-0.05, 0) is 74.0 Å². The van der Waals surface area contributed by atoms with E-state index in [0.29, 0.717) is 10.6 Å². The Hall–Kier alpha value is -2.80. The summed E-state index contributed by atoms with van der Waals surface area (Å²) in [5, 5.41) is 2.63. The first-order chi connectivity index (χ1) is 13.9. The highest BCUT2D eigenvalue weighted by Crippen LogP contribution is 2.32. The van der Waals surface area contributed by atoms with E-state index in [1.54, 1.807) is 12.1 Å². The van der Waals surface area contributed by atoms with E-state index in [0.717, 1.165) is 46.6 Å². The molecule has 0 bridgehead atoms. The molecule has 29 heavy (non-hydrogen) atoms. The molecule has 0 atom stereocenters. The number of imide groups is 1. The lowest BCUT2D eigenvalue weighted by Gasteiger charge is -2.20. The zero-order valence-electron chi connectivity index (χ0n) is 16.7. The number of halogens is 1.